The van der Waals surface area contributed by atoms with E-state index < -0.39 is 0 Å². The van der Waals surface area contributed by atoms with E-state index in [0.717, 1.165) is 14.8 Å². The molecule has 4 heteroatoms. The molecule has 0 radical (unpaired) electrons. The van der Waals surface area contributed by atoms with Gasteiger partial charge in [0.2, 0.25) is 0 Å². The molecule has 78 valence electrons. The number of hydrogen-bond acceptors (Lipinski definition) is 2. The molecule has 0 aromatic heterocycles. The van der Waals surface area contributed by atoms with Gasteiger partial charge in [0, 0.05) is 19.7 Å². The van der Waals surface area contributed by atoms with Crippen molar-refractivity contribution in [2.75, 3.05) is 0 Å². The Hall–Kier alpha value is 0.430. The third kappa shape index (κ3) is 4.02. The molecule has 0 nitrogen and oxygen atoms in total. The van der Waals surface area contributed by atoms with Gasteiger partial charge in [-0.25, -0.2) is 0 Å². The van der Waals surface area contributed by atoms with Crippen LogP contribution in [0.3, 0.4) is 0 Å². The second kappa shape index (κ2) is 7.00. The molecule has 0 amide bonds. The molecule has 0 N–H and O–H groups in total. The maximum atomic E-state index is 5.94. The molecule has 0 heterocycles. The van der Waals surface area contributed by atoms with Gasteiger partial charge in [-0.15, -0.1) is 12.6 Å². The first kappa shape index (κ1) is 14.5. The van der Waals surface area contributed by atoms with E-state index in [-0.39, 0.29) is 31.0 Å². The molecule has 0 fully saturated rings. The Balaban J connectivity index is 0.00000128. The van der Waals surface area contributed by atoms with Crippen molar-refractivity contribution >= 4 is 36.0 Å². The first-order valence-electron chi connectivity index (χ1n) is 4.47. The molecule has 2 aromatic carbocycles. The van der Waals surface area contributed by atoms with E-state index in [4.69, 9.17) is 11.6 Å². The molecule has 0 aliphatic heterocycles. The van der Waals surface area contributed by atoms with Crippen LogP contribution in [0, 0.1) is 0 Å². The SMILES string of the molecule is Sc1ccc(Cl)cc1Sc1ccccc1.[H-].[Na+]. The molecule has 0 aliphatic rings. The molecular formula is C12H10ClNaS2. The molecule has 0 saturated carbocycles. The zero-order chi connectivity index (χ0) is 10.7. The summed E-state index contributed by atoms with van der Waals surface area (Å²) in [7, 11) is 0. The number of thiol groups is 1. The minimum absolute atomic E-state index is 0. The Bertz CT molecular complexity index is 465. The van der Waals surface area contributed by atoms with Crippen LogP contribution in [0.25, 0.3) is 0 Å². The van der Waals surface area contributed by atoms with Gasteiger partial charge in [-0.1, -0.05) is 41.6 Å². The summed E-state index contributed by atoms with van der Waals surface area (Å²) in [6.07, 6.45) is 0. The fourth-order valence-electron chi connectivity index (χ4n) is 1.19. The summed E-state index contributed by atoms with van der Waals surface area (Å²) in [5.74, 6) is 0. The van der Waals surface area contributed by atoms with Crippen molar-refractivity contribution in [3.8, 4) is 0 Å². The fourth-order valence-corrected chi connectivity index (χ4v) is 2.60. The van der Waals surface area contributed by atoms with Crippen LogP contribution >= 0.6 is 36.0 Å². The van der Waals surface area contributed by atoms with Crippen LogP contribution in [0.15, 0.2) is 63.2 Å². The Morgan fingerprint density at radius 2 is 1.75 bits per heavy atom. The molecule has 0 aliphatic carbocycles. The summed E-state index contributed by atoms with van der Waals surface area (Å²) in [6, 6.07) is 15.9. The number of benzene rings is 2. The van der Waals surface area contributed by atoms with Crippen molar-refractivity contribution in [3.63, 3.8) is 0 Å². The number of halogens is 1. The third-order valence-electron chi connectivity index (χ3n) is 1.89. The Morgan fingerprint density at radius 3 is 2.44 bits per heavy atom. The summed E-state index contributed by atoms with van der Waals surface area (Å²) in [4.78, 5) is 3.22. The van der Waals surface area contributed by atoms with Gasteiger partial charge in [0.05, 0.1) is 0 Å². The van der Waals surface area contributed by atoms with Crippen molar-refractivity contribution in [2.24, 2.45) is 0 Å². The van der Waals surface area contributed by atoms with E-state index >= 15 is 0 Å². The maximum absolute atomic E-state index is 5.94. The van der Waals surface area contributed by atoms with Crippen LogP contribution in [-0.4, -0.2) is 0 Å². The van der Waals surface area contributed by atoms with Gasteiger partial charge in [-0.3, -0.25) is 0 Å². The molecular weight excluding hydrogens is 267 g/mol. The van der Waals surface area contributed by atoms with Crippen LogP contribution in [-0.2, 0) is 0 Å². The second-order valence-electron chi connectivity index (χ2n) is 3.03. The van der Waals surface area contributed by atoms with Gasteiger partial charge in [-0.2, -0.15) is 0 Å². The van der Waals surface area contributed by atoms with Crippen molar-refractivity contribution in [3.05, 3.63) is 53.6 Å². The molecule has 0 spiro atoms. The van der Waals surface area contributed by atoms with Crippen LogP contribution < -0.4 is 29.6 Å². The minimum Gasteiger partial charge on any atom is -1.00 e. The van der Waals surface area contributed by atoms with E-state index in [2.05, 4.69) is 24.8 Å². The monoisotopic (exact) mass is 276 g/mol. The van der Waals surface area contributed by atoms with E-state index in [1.807, 2.05) is 36.4 Å². The number of rotatable bonds is 2. The summed E-state index contributed by atoms with van der Waals surface area (Å²) in [5, 5.41) is 0.742. The molecule has 0 unspecified atom stereocenters. The molecule has 2 rings (SSSR count). The third-order valence-corrected chi connectivity index (χ3v) is 3.73. The van der Waals surface area contributed by atoms with E-state index in [1.165, 1.54) is 4.90 Å². The Labute approximate surface area is 134 Å². The van der Waals surface area contributed by atoms with Gasteiger partial charge in [0.15, 0.2) is 0 Å². The minimum atomic E-state index is 0. The predicted octanol–water partition coefficient (Wildman–Crippen LogP) is 1.90. The van der Waals surface area contributed by atoms with Crippen molar-refractivity contribution < 1.29 is 31.0 Å². The Morgan fingerprint density at radius 1 is 1.06 bits per heavy atom. The standard InChI is InChI=1S/C12H9ClS2.Na.H/c13-9-6-7-11(14)12(8-9)15-10-4-2-1-3-5-10;;/h1-8,14H;;/q;+1;-1. The first-order valence-corrected chi connectivity index (χ1v) is 6.11. The van der Waals surface area contributed by atoms with Gasteiger partial charge in [0.1, 0.15) is 0 Å². The maximum Gasteiger partial charge on any atom is 1.00 e. The van der Waals surface area contributed by atoms with Gasteiger partial charge in [0.25, 0.3) is 0 Å². The van der Waals surface area contributed by atoms with Crippen LogP contribution in [0.1, 0.15) is 1.43 Å². The predicted molar refractivity (Wildman–Crippen MR) is 70.4 cm³/mol. The Kier molecular flexibility index (Phi) is 6.34. The zero-order valence-corrected chi connectivity index (χ0v) is 13.3. The van der Waals surface area contributed by atoms with Crippen LogP contribution in [0.4, 0.5) is 0 Å². The summed E-state index contributed by atoms with van der Waals surface area (Å²) in [5.41, 5.74) is 0. The topological polar surface area (TPSA) is 0 Å². The van der Waals surface area contributed by atoms with Crippen LogP contribution in [0.2, 0.25) is 5.02 Å². The summed E-state index contributed by atoms with van der Waals surface area (Å²) < 4.78 is 0. The van der Waals surface area contributed by atoms with Gasteiger partial charge < -0.3 is 1.43 Å². The average Bonchev–Trinajstić information content (AvgIpc) is 2.25. The molecule has 2 aromatic rings. The second-order valence-corrected chi connectivity index (χ2v) is 5.06. The molecule has 0 saturated heterocycles. The number of hydrogen-bond donors (Lipinski definition) is 1. The fraction of sp³-hybridized carbons (Fsp3) is 0. The zero-order valence-electron chi connectivity index (χ0n) is 9.85. The van der Waals surface area contributed by atoms with Crippen LogP contribution in [0.5, 0.6) is 0 Å². The molecule has 0 bridgehead atoms. The first-order chi connectivity index (χ1) is 7.25. The van der Waals surface area contributed by atoms with Gasteiger partial charge in [-0.05, 0) is 30.3 Å². The van der Waals surface area contributed by atoms with E-state index in [1.54, 1.807) is 11.8 Å². The van der Waals surface area contributed by atoms with Gasteiger partial charge >= 0.3 is 29.6 Å². The van der Waals surface area contributed by atoms with Crippen molar-refractivity contribution in [2.45, 2.75) is 14.7 Å². The largest absolute Gasteiger partial charge is 1.00 e. The summed E-state index contributed by atoms with van der Waals surface area (Å²) >= 11 is 12.0. The van der Waals surface area contributed by atoms with E-state index in [0.29, 0.717) is 0 Å². The van der Waals surface area contributed by atoms with E-state index in [9.17, 15) is 0 Å². The average molecular weight is 277 g/mol. The quantitative estimate of drug-likeness (QED) is 0.646. The molecule has 16 heavy (non-hydrogen) atoms. The molecule has 0 atom stereocenters. The summed E-state index contributed by atoms with van der Waals surface area (Å²) in [6.45, 7) is 0. The van der Waals surface area contributed by atoms with Crippen molar-refractivity contribution in [1.29, 1.82) is 0 Å². The normalized spacial score (nSPS) is 9.62. The smallest absolute Gasteiger partial charge is 1.00 e. The van der Waals surface area contributed by atoms with Crippen molar-refractivity contribution in [1.82, 2.24) is 0 Å².